The lowest BCUT2D eigenvalue weighted by atomic mass is 9.78. The van der Waals surface area contributed by atoms with Gasteiger partial charge in [0.15, 0.2) is 11.4 Å². The Morgan fingerprint density at radius 1 is 1.00 bits per heavy atom. The van der Waals surface area contributed by atoms with E-state index < -0.39 is 5.60 Å². The molecule has 118 valence electrons. The smallest absolute Gasteiger partial charge is 0.288 e. The fourth-order valence-electron chi connectivity index (χ4n) is 3.25. The molecule has 1 aliphatic rings. The molecule has 1 atom stereocenters. The minimum absolute atomic E-state index is 0.0810. The van der Waals surface area contributed by atoms with Gasteiger partial charge < -0.3 is 9.64 Å². The second kappa shape index (κ2) is 5.92. The maximum atomic E-state index is 12.4. The second-order valence-corrected chi connectivity index (χ2v) is 5.81. The molecule has 1 heterocycles. The van der Waals surface area contributed by atoms with Gasteiger partial charge in [-0.1, -0.05) is 60.7 Å². The lowest BCUT2D eigenvalue weighted by Crippen LogP contribution is -2.57. The Bertz CT molecular complexity index is 682. The van der Waals surface area contributed by atoms with Crippen molar-refractivity contribution in [2.45, 2.75) is 25.5 Å². The number of amides is 1. The van der Waals surface area contributed by atoms with Crippen molar-refractivity contribution in [1.82, 2.24) is 4.90 Å². The van der Waals surface area contributed by atoms with Crippen molar-refractivity contribution in [3.63, 3.8) is 0 Å². The van der Waals surface area contributed by atoms with Crippen molar-refractivity contribution in [3.8, 4) is 0 Å². The van der Waals surface area contributed by atoms with Crippen LogP contribution in [0.5, 0.6) is 0 Å². The highest BCUT2D eigenvalue weighted by molar-refractivity contribution is 5.92. The van der Waals surface area contributed by atoms with E-state index in [1.54, 1.807) is 11.0 Å². The van der Waals surface area contributed by atoms with Crippen molar-refractivity contribution in [1.29, 1.82) is 0 Å². The van der Waals surface area contributed by atoms with Gasteiger partial charge in [-0.05, 0) is 19.9 Å². The van der Waals surface area contributed by atoms with Gasteiger partial charge in [0.05, 0.1) is 6.04 Å². The van der Waals surface area contributed by atoms with Gasteiger partial charge in [0, 0.05) is 18.2 Å². The molecule has 0 aliphatic carbocycles. The van der Waals surface area contributed by atoms with E-state index in [0.717, 1.165) is 11.1 Å². The van der Waals surface area contributed by atoms with Gasteiger partial charge in [-0.25, -0.2) is 0 Å². The largest absolute Gasteiger partial charge is 0.470 e. The number of carbonyl (C=O) groups is 1. The van der Waals surface area contributed by atoms with Gasteiger partial charge in [0.25, 0.3) is 5.91 Å². The maximum Gasteiger partial charge on any atom is 0.288 e. The number of nitrogens with zero attached hydrogens (tertiary/aromatic N) is 1. The number of likely N-dealkylation sites (N-methyl/N-ethyl adjacent to an activating group) is 1. The molecular weight excluding hydrogens is 286 g/mol. The molecule has 0 bridgehead atoms. The molecule has 0 spiro atoms. The highest BCUT2D eigenvalue weighted by atomic mass is 16.5. The van der Waals surface area contributed by atoms with Crippen LogP contribution in [0.1, 0.15) is 25.0 Å². The van der Waals surface area contributed by atoms with Crippen LogP contribution < -0.4 is 0 Å². The molecule has 0 unspecified atom stereocenters. The fraction of sp³-hybridized carbons (Fsp3) is 0.250. The Hall–Kier alpha value is -2.55. The minimum Gasteiger partial charge on any atom is -0.470 e. The van der Waals surface area contributed by atoms with Crippen LogP contribution in [0.2, 0.25) is 0 Å². The zero-order valence-electron chi connectivity index (χ0n) is 13.7. The lowest BCUT2D eigenvalue weighted by molar-refractivity contribution is -0.152. The third-order valence-corrected chi connectivity index (χ3v) is 4.64. The van der Waals surface area contributed by atoms with Crippen molar-refractivity contribution >= 4 is 5.91 Å². The number of morpholine rings is 1. The van der Waals surface area contributed by atoms with Crippen LogP contribution in [0.25, 0.3) is 0 Å². The van der Waals surface area contributed by atoms with Gasteiger partial charge in [-0.3, -0.25) is 4.79 Å². The van der Waals surface area contributed by atoms with E-state index in [0.29, 0.717) is 5.76 Å². The number of hydrogen-bond donors (Lipinski definition) is 0. The van der Waals surface area contributed by atoms with Gasteiger partial charge in [-0.15, -0.1) is 0 Å². The predicted molar refractivity (Wildman–Crippen MR) is 90.7 cm³/mol. The molecule has 2 aromatic carbocycles. The summed E-state index contributed by atoms with van der Waals surface area (Å²) >= 11 is 0. The van der Waals surface area contributed by atoms with Crippen molar-refractivity contribution < 1.29 is 9.53 Å². The van der Waals surface area contributed by atoms with Crippen LogP contribution in [-0.2, 0) is 15.1 Å². The molecule has 0 saturated carbocycles. The molecule has 0 aromatic heterocycles. The lowest BCUT2D eigenvalue weighted by Gasteiger charge is -2.48. The van der Waals surface area contributed by atoms with Crippen LogP contribution in [-0.4, -0.2) is 23.9 Å². The molecule has 2 aromatic rings. The summed E-state index contributed by atoms with van der Waals surface area (Å²) in [4.78, 5) is 14.2. The Balaban J connectivity index is 2.26. The van der Waals surface area contributed by atoms with Crippen molar-refractivity contribution in [2.24, 2.45) is 0 Å². The number of hydrogen-bond acceptors (Lipinski definition) is 2. The van der Waals surface area contributed by atoms with E-state index in [-0.39, 0.29) is 11.9 Å². The van der Waals surface area contributed by atoms with Gasteiger partial charge in [0.1, 0.15) is 0 Å². The summed E-state index contributed by atoms with van der Waals surface area (Å²) in [5.74, 6) is 0.306. The average molecular weight is 307 g/mol. The number of rotatable bonds is 2. The van der Waals surface area contributed by atoms with E-state index >= 15 is 0 Å². The molecule has 0 N–H and O–H groups in total. The normalized spacial score (nSPS) is 22.0. The molecule has 1 saturated heterocycles. The molecular formula is C20H21NO2. The Morgan fingerprint density at radius 3 is 1.91 bits per heavy atom. The van der Waals surface area contributed by atoms with Crippen molar-refractivity contribution in [3.05, 3.63) is 83.6 Å². The number of allylic oxidation sites excluding steroid dienone is 1. The molecule has 3 nitrogen and oxygen atoms in total. The first-order valence-corrected chi connectivity index (χ1v) is 7.84. The number of carbonyl (C=O) groups excluding carboxylic acids is 1. The molecule has 1 fully saturated rings. The number of ether oxygens (including phenoxy) is 1. The van der Waals surface area contributed by atoms with Crippen LogP contribution in [0, 0.1) is 0 Å². The van der Waals surface area contributed by atoms with Gasteiger partial charge in [-0.2, -0.15) is 0 Å². The summed E-state index contributed by atoms with van der Waals surface area (Å²) in [7, 11) is 1.83. The van der Waals surface area contributed by atoms with Crippen LogP contribution in [0.4, 0.5) is 0 Å². The SMILES string of the molecule is C/C=C1\OC(c2ccccc2)(c2ccccc2)[C@H](C)N(C)C1=O. The molecule has 1 amide bonds. The average Bonchev–Trinajstić information content (AvgIpc) is 2.62. The van der Waals surface area contributed by atoms with Crippen LogP contribution in [0.3, 0.4) is 0 Å². The highest BCUT2D eigenvalue weighted by Gasteiger charge is 2.50. The molecule has 0 radical (unpaired) electrons. The third kappa shape index (κ3) is 2.33. The zero-order valence-corrected chi connectivity index (χ0v) is 13.7. The number of benzene rings is 2. The van der Waals surface area contributed by atoms with Crippen LogP contribution in [0.15, 0.2) is 72.5 Å². The van der Waals surface area contributed by atoms with E-state index in [2.05, 4.69) is 24.3 Å². The van der Waals surface area contributed by atoms with E-state index in [1.807, 2.05) is 57.3 Å². The topological polar surface area (TPSA) is 29.5 Å². The van der Waals surface area contributed by atoms with Gasteiger partial charge in [0.2, 0.25) is 0 Å². The predicted octanol–water partition coefficient (Wildman–Crippen LogP) is 3.71. The molecule has 1 aliphatic heterocycles. The van der Waals surface area contributed by atoms with Crippen molar-refractivity contribution in [2.75, 3.05) is 7.05 Å². The van der Waals surface area contributed by atoms with E-state index in [4.69, 9.17) is 4.74 Å². The van der Waals surface area contributed by atoms with E-state index in [9.17, 15) is 4.79 Å². The quantitative estimate of drug-likeness (QED) is 0.792. The fourth-order valence-corrected chi connectivity index (χ4v) is 3.25. The first-order valence-electron chi connectivity index (χ1n) is 7.84. The second-order valence-electron chi connectivity index (χ2n) is 5.81. The Kier molecular flexibility index (Phi) is 3.95. The van der Waals surface area contributed by atoms with E-state index in [1.165, 1.54) is 0 Å². The molecule has 3 rings (SSSR count). The minimum atomic E-state index is -0.715. The summed E-state index contributed by atoms with van der Waals surface area (Å²) in [6.45, 7) is 3.86. The summed E-state index contributed by atoms with van der Waals surface area (Å²) in [6.07, 6.45) is 1.74. The van der Waals surface area contributed by atoms with Crippen LogP contribution >= 0.6 is 0 Å². The molecule has 23 heavy (non-hydrogen) atoms. The standard InChI is InChI=1S/C20H21NO2/c1-4-18-19(22)21(3)15(2)20(23-18,16-11-7-5-8-12-16)17-13-9-6-10-14-17/h4-15H,1-3H3/b18-4-/t15-/m0/s1. The molecule has 3 heteroatoms. The maximum absolute atomic E-state index is 12.4. The first kappa shape index (κ1) is 15.3. The Morgan fingerprint density at radius 2 is 1.48 bits per heavy atom. The summed E-state index contributed by atoms with van der Waals surface area (Å²) in [6, 6.07) is 20.1. The monoisotopic (exact) mass is 307 g/mol. The first-order chi connectivity index (χ1) is 11.1. The highest BCUT2D eigenvalue weighted by Crippen LogP contribution is 2.43. The summed E-state index contributed by atoms with van der Waals surface area (Å²) in [5.41, 5.74) is 1.36. The Labute approximate surface area is 137 Å². The van der Waals surface area contributed by atoms with Gasteiger partial charge >= 0.3 is 0 Å². The summed E-state index contributed by atoms with van der Waals surface area (Å²) < 4.78 is 6.36. The zero-order chi connectivity index (χ0) is 16.4. The third-order valence-electron chi connectivity index (χ3n) is 4.64. The summed E-state index contributed by atoms with van der Waals surface area (Å²) in [5, 5.41) is 0.